The van der Waals surface area contributed by atoms with Crippen LogP contribution in [0.2, 0.25) is 0 Å². The fourth-order valence-corrected chi connectivity index (χ4v) is 4.89. The number of halogens is 2. The van der Waals surface area contributed by atoms with Crippen LogP contribution in [0.15, 0.2) is 60.7 Å². The fraction of sp³-hybridized carbons (Fsp3) is 0.310. The van der Waals surface area contributed by atoms with E-state index in [1.54, 1.807) is 25.1 Å². The van der Waals surface area contributed by atoms with Crippen LogP contribution < -0.4 is 9.47 Å². The summed E-state index contributed by atoms with van der Waals surface area (Å²) in [5.41, 5.74) is 3.17. The van der Waals surface area contributed by atoms with E-state index in [0.29, 0.717) is 17.9 Å². The predicted molar refractivity (Wildman–Crippen MR) is 132 cm³/mol. The lowest BCUT2D eigenvalue weighted by atomic mass is 9.86. The third-order valence-corrected chi connectivity index (χ3v) is 6.99. The van der Waals surface area contributed by atoms with Gasteiger partial charge in [0.2, 0.25) is 0 Å². The quantitative estimate of drug-likeness (QED) is 0.424. The van der Waals surface area contributed by atoms with Crippen molar-refractivity contribution in [2.24, 2.45) is 5.92 Å². The first-order valence-corrected chi connectivity index (χ1v) is 12.0. The van der Waals surface area contributed by atoms with Crippen molar-refractivity contribution >= 4 is 11.1 Å². The van der Waals surface area contributed by atoms with E-state index >= 15 is 0 Å². The second-order valence-corrected chi connectivity index (χ2v) is 9.27. The van der Waals surface area contributed by atoms with Gasteiger partial charge in [0.05, 0.1) is 5.56 Å². The molecule has 0 radical (unpaired) electrons. The minimum Gasteiger partial charge on any atom is -0.505 e. The summed E-state index contributed by atoms with van der Waals surface area (Å²) in [5.74, 6) is 0.433. The van der Waals surface area contributed by atoms with E-state index in [1.807, 2.05) is 24.3 Å². The topological polar surface area (TPSA) is 41.9 Å². The highest BCUT2D eigenvalue weighted by molar-refractivity contribution is 5.95. The van der Waals surface area contributed by atoms with Crippen molar-refractivity contribution in [3.63, 3.8) is 0 Å². The minimum atomic E-state index is -0.728. The summed E-state index contributed by atoms with van der Waals surface area (Å²) in [6.07, 6.45) is 0.701. The predicted octanol–water partition coefficient (Wildman–Crippen LogP) is 6.46. The molecule has 3 aromatic carbocycles. The molecule has 5 rings (SSSR count). The van der Waals surface area contributed by atoms with Crippen LogP contribution in [0.3, 0.4) is 0 Å². The molecule has 1 N–H and O–H groups in total. The van der Waals surface area contributed by atoms with Crippen molar-refractivity contribution in [2.75, 3.05) is 26.2 Å². The zero-order valence-corrected chi connectivity index (χ0v) is 19.9. The molecule has 0 unspecified atom stereocenters. The second kappa shape index (κ2) is 9.70. The van der Waals surface area contributed by atoms with Gasteiger partial charge in [0.1, 0.15) is 30.0 Å². The molecule has 4 nitrogen and oxygen atoms in total. The van der Waals surface area contributed by atoms with Crippen LogP contribution in [0.4, 0.5) is 8.78 Å². The van der Waals surface area contributed by atoms with Crippen molar-refractivity contribution in [2.45, 2.75) is 26.4 Å². The van der Waals surface area contributed by atoms with Gasteiger partial charge in [0.15, 0.2) is 11.6 Å². The summed E-state index contributed by atoms with van der Waals surface area (Å²) in [7, 11) is 0. The minimum absolute atomic E-state index is 0.219. The summed E-state index contributed by atoms with van der Waals surface area (Å²) >= 11 is 0. The molecule has 2 heterocycles. The molecule has 2 aliphatic rings. The van der Waals surface area contributed by atoms with E-state index in [4.69, 9.17) is 9.47 Å². The molecular formula is C29H29F2NO3. The summed E-state index contributed by atoms with van der Waals surface area (Å²) in [4.78, 5) is 2.40. The number of fused-ring (bicyclic) bond motifs is 1. The molecule has 1 atom stereocenters. The molecular weight excluding hydrogens is 448 g/mol. The van der Waals surface area contributed by atoms with E-state index in [2.05, 4.69) is 11.8 Å². The van der Waals surface area contributed by atoms with Gasteiger partial charge in [0.25, 0.3) is 0 Å². The van der Waals surface area contributed by atoms with Crippen LogP contribution in [0, 0.1) is 17.6 Å². The number of nitrogens with zero attached hydrogens (tertiary/aromatic N) is 1. The Labute approximate surface area is 204 Å². The fourth-order valence-electron chi connectivity index (χ4n) is 4.89. The molecule has 0 saturated carbocycles. The van der Waals surface area contributed by atoms with Gasteiger partial charge in [-0.05, 0) is 65.9 Å². The number of phenolic OH excluding ortho intramolecular Hbond substituents is 1. The number of likely N-dealkylation sites (tertiary alicyclic amines) is 1. The Hall–Kier alpha value is -3.38. The Kier molecular flexibility index (Phi) is 6.48. The average Bonchev–Trinajstić information content (AvgIpc) is 2.84. The highest BCUT2D eigenvalue weighted by Crippen LogP contribution is 2.48. The lowest BCUT2D eigenvalue weighted by Gasteiger charge is -2.38. The first kappa shape index (κ1) is 23.4. The number of aromatic hydroxyl groups is 1. The van der Waals surface area contributed by atoms with E-state index in [9.17, 15) is 13.9 Å². The average molecular weight is 478 g/mol. The zero-order valence-electron chi connectivity index (χ0n) is 19.9. The number of rotatable bonds is 7. The van der Waals surface area contributed by atoms with Gasteiger partial charge in [-0.1, -0.05) is 37.6 Å². The Morgan fingerprint density at radius 1 is 1.00 bits per heavy atom. The summed E-state index contributed by atoms with van der Waals surface area (Å²) in [6, 6.07) is 16.6. The summed E-state index contributed by atoms with van der Waals surface area (Å²) in [5, 5.41) is 9.93. The van der Waals surface area contributed by atoms with Gasteiger partial charge in [0, 0.05) is 25.2 Å². The smallest absolute Gasteiger partial charge is 0.176 e. The number of phenols is 1. The van der Waals surface area contributed by atoms with Gasteiger partial charge in [-0.3, -0.25) is 4.90 Å². The molecule has 1 saturated heterocycles. The number of benzene rings is 3. The summed E-state index contributed by atoms with van der Waals surface area (Å²) in [6.45, 7) is 7.87. The van der Waals surface area contributed by atoms with E-state index in [1.165, 1.54) is 24.6 Å². The highest BCUT2D eigenvalue weighted by atomic mass is 19.1. The first-order chi connectivity index (χ1) is 16.9. The normalized spacial score (nSPS) is 18.1. The van der Waals surface area contributed by atoms with E-state index in [0.717, 1.165) is 48.0 Å². The SMILES string of the molecule is CCC1CN(CCOc2ccc([C@H]3Oc4ccc(O)c(F)c4C(C)=C3c3ccc(F)cc3)cc2)C1. The first-order valence-electron chi connectivity index (χ1n) is 12.0. The maximum atomic E-state index is 14.9. The molecule has 0 bridgehead atoms. The number of hydrogen-bond donors (Lipinski definition) is 1. The maximum Gasteiger partial charge on any atom is 0.176 e. The van der Waals surface area contributed by atoms with Crippen LogP contribution in [0.5, 0.6) is 17.2 Å². The molecule has 6 heteroatoms. The Morgan fingerprint density at radius 2 is 1.71 bits per heavy atom. The van der Waals surface area contributed by atoms with Crippen molar-refractivity contribution < 1.29 is 23.4 Å². The van der Waals surface area contributed by atoms with E-state index < -0.39 is 17.7 Å². The molecule has 182 valence electrons. The second-order valence-electron chi connectivity index (χ2n) is 9.27. The highest BCUT2D eigenvalue weighted by Gasteiger charge is 2.32. The van der Waals surface area contributed by atoms with Crippen LogP contribution in [-0.4, -0.2) is 36.2 Å². The molecule has 0 spiro atoms. The Morgan fingerprint density at radius 3 is 2.40 bits per heavy atom. The van der Waals surface area contributed by atoms with Crippen LogP contribution in [0.1, 0.15) is 43.1 Å². The van der Waals surface area contributed by atoms with Gasteiger partial charge in [-0.2, -0.15) is 0 Å². The summed E-state index contributed by atoms with van der Waals surface area (Å²) < 4.78 is 40.7. The standard InChI is InChI=1S/C29H29F2NO3/c1-3-19-16-32(17-19)14-15-34-23-10-6-21(7-11-23)29-26(20-4-8-22(30)9-5-20)18(2)27-25(35-29)13-12-24(33)28(27)31/h4-13,19,29,33H,3,14-17H2,1-2H3/t29-/m1/s1. The zero-order chi connectivity index (χ0) is 24.5. The molecule has 0 amide bonds. The van der Waals surface area contributed by atoms with Gasteiger partial charge in [-0.25, -0.2) is 8.78 Å². The third kappa shape index (κ3) is 4.63. The monoisotopic (exact) mass is 477 g/mol. The molecule has 0 aliphatic carbocycles. The number of ether oxygens (including phenoxy) is 2. The van der Waals surface area contributed by atoms with Gasteiger partial charge in [-0.15, -0.1) is 0 Å². The third-order valence-electron chi connectivity index (χ3n) is 6.99. The maximum absolute atomic E-state index is 14.9. The van der Waals surface area contributed by atoms with Crippen molar-refractivity contribution in [1.82, 2.24) is 4.90 Å². The lowest BCUT2D eigenvalue weighted by molar-refractivity contribution is 0.0806. The van der Waals surface area contributed by atoms with Crippen molar-refractivity contribution in [3.05, 3.63) is 89.0 Å². The van der Waals surface area contributed by atoms with Gasteiger partial charge >= 0.3 is 0 Å². The molecule has 3 aromatic rings. The van der Waals surface area contributed by atoms with Crippen LogP contribution in [0.25, 0.3) is 11.1 Å². The van der Waals surface area contributed by atoms with Gasteiger partial charge < -0.3 is 14.6 Å². The molecule has 2 aliphatic heterocycles. The van der Waals surface area contributed by atoms with Crippen LogP contribution in [-0.2, 0) is 0 Å². The van der Waals surface area contributed by atoms with Crippen LogP contribution >= 0.6 is 0 Å². The van der Waals surface area contributed by atoms with E-state index in [-0.39, 0.29) is 11.4 Å². The lowest BCUT2D eigenvalue weighted by Crippen LogP contribution is -2.47. The Bertz CT molecular complexity index is 1230. The Balaban J connectivity index is 1.40. The van der Waals surface area contributed by atoms with Crippen molar-refractivity contribution in [1.29, 1.82) is 0 Å². The van der Waals surface area contributed by atoms with Crippen molar-refractivity contribution in [3.8, 4) is 17.2 Å². The molecule has 1 fully saturated rings. The number of allylic oxidation sites excluding steroid dienone is 1. The molecule has 35 heavy (non-hydrogen) atoms. The molecule has 0 aromatic heterocycles. The number of hydrogen-bond acceptors (Lipinski definition) is 4. The largest absolute Gasteiger partial charge is 0.505 e.